The number of nitrogens with two attached hydrogens (primary N) is 2. The normalized spacial score (nSPS) is 11.0. The van der Waals surface area contributed by atoms with Crippen LogP contribution in [-0.4, -0.2) is 9.97 Å². The number of nitrogen functional groups attached to an aromatic ring is 2. The van der Waals surface area contributed by atoms with Gasteiger partial charge in [-0.2, -0.15) is 0 Å². The van der Waals surface area contributed by atoms with Crippen molar-refractivity contribution in [3.63, 3.8) is 0 Å². The number of nitrogens with zero attached hydrogens (tertiary/aromatic N) is 2. The molecule has 0 aliphatic carbocycles. The smallest absolute Gasteiger partial charge is 0.336 e. The summed E-state index contributed by atoms with van der Waals surface area (Å²) in [5, 5.41) is 1.34. The van der Waals surface area contributed by atoms with Gasteiger partial charge in [-0.15, -0.1) is 0 Å². The predicted octanol–water partition coefficient (Wildman–Crippen LogP) is 2.80. The highest BCUT2D eigenvalue weighted by molar-refractivity contribution is 9.10. The summed E-state index contributed by atoms with van der Waals surface area (Å²) in [6, 6.07) is 8.52. The van der Waals surface area contributed by atoms with E-state index in [2.05, 4.69) is 25.9 Å². The Balaban J connectivity index is 1.95. The first-order valence-corrected chi connectivity index (χ1v) is 8.04. The van der Waals surface area contributed by atoms with Crippen LogP contribution in [-0.2, 0) is 5.75 Å². The van der Waals surface area contributed by atoms with E-state index >= 15 is 0 Å². The molecular weight excluding hydrogens is 368 g/mol. The summed E-state index contributed by atoms with van der Waals surface area (Å²) in [4.78, 5) is 19.9. The molecule has 6 nitrogen and oxygen atoms in total. The number of halogens is 1. The van der Waals surface area contributed by atoms with Crippen molar-refractivity contribution in [3.8, 4) is 0 Å². The van der Waals surface area contributed by atoms with Crippen molar-refractivity contribution < 1.29 is 4.42 Å². The van der Waals surface area contributed by atoms with Gasteiger partial charge in [0.25, 0.3) is 0 Å². The third-order valence-corrected chi connectivity index (χ3v) is 4.28. The highest BCUT2D eigenvalue weighted by Gasteiger charge is 2.08. The summed E-state index contributed by atoms with van der Waals surface area (Å²) in [7, 11) is 0. The Kier molecular flexibility index (Phi) is 4.04. The number of aromatic nitrogens is 2. The van der Waals surface area contributed by atoms with Gasteiger partial charge in [0.15, 0.2) is 5.16 Å². The van der Waals surface area contributed by atoms with Gasteiger partial charge < -0.3 is 15.9 Å². The molecule has 3 aromatic rings. The fraction of sp³-hybridized carbons (Fsp3) is 0.0714. The second-order valence-corrected chi connectivity index (χ2v) is 6.38. The Hall–Kier alpha value is -2.06. The zero-order chi connectivity index (χ0) is 15.7. The Morgan fingerprint density at radius 1 is 1.14 bits per heavy atom. The van der Waals surface area contributed by atoms with Gasteiger partial charge in [-0.3, -0.25) is 0 Å². The molecule has 0 saturated carbocycles. The molecule has 0 aliphatic heterocycles. The van der Waals surface area contributed by atoms with E-state index in [9.17, 15) is 4.79 Å². The minimum absolute atomic E-state index is 0.316. The van der Waals surface area contributed by atoms with E-state index in [1.165, 1.54) is 23.9 Å². The molecule has 0 aliphatic rings. The molecule has 0 bridgehead atoms. The van der Waals surface area contributed by atoms with Crippen LogP contribution in [0.4, 0.5) is 11.6 Å². The van der Waals surface area contributed by atoms with Crippen molar-refractivity contribution in [2.24, 2.45) is 0 Å². The zero-order valence-corrected chi connectivity index (χ0v) is 13.6. The van der Waals surface area contributed by atoms with E-state index in [1.807, 2.05) is 12.1 Å². The molecule has 22 heavy (non-hydrogen) atoms. The van der Waals surface area contributed by atoms with Crippen molar-refractivity contribution in [1.29, 1.82) is 0 Å². The first-order chi connectivity index (χ1) is 10.5. The van der Waals surface area contributed by atoms with Crippen molar-refractivity contribution in [3.05, 3.63) is 50.8 Å². The summed E-state index contributed by atoms with van der Waals surface area (Å²) in [5.41, 5.74) is 12.3. The highest BCUT2D eigenvalue weighted by atomic mass is 79.9. The van der Waals surface area contributed by atoms with E-state index in [-0.39, 0.29) is 0 Å². The number of thioether (sulfide) groups is 1. The number of benzene rings is 1. The fourth-order valence-electron chi connectivity index (χ4n) is 1.99. The van der Waals surface area contributed by atoms with E-state index in [1.54, 1.807) is 6.07 Å². The highest BCUT2D eigenvalue weighted by Crippen LogP contribution is 2.27. The van der Waals surface area contributed by atoms with Gasteiger partial charge in [-0.1, -0.05) is 27.7 Å². The van der Waals surface area contributed by atoms with Crippen LogP contribution in [0.1, 0.15) is 5.56 Å². The second-order valence-electron chi connectivity index (χ2n) is 4.52. The van der Waals surface area contributed by atoms with Gasteiger partial charge in [0.2, 0.25) is 0 Å². The lowest BCUT2D eigenvalue weighted by atomic mass is 10.1. The maximum absolute atomic E-state index is 11.7. The van der Waals surface area contributed by atoms with Gasteiger partial charge >= 0.3 is 5.63 Å². The van der Waals surface area contributed by atoms with Crippen LogP contribution in [0.15, 0.2) is 49.2 Å². The molecule has 0 unspecified atom stereocenters. The number of fused-ring (bicyclic) bond motifs is 1. The van der Waals surface area contributed by atoms with E-state index in [0.717, 1.165) is 15.4 Å². The van der Waals surface area contributed by atoms with Crippen molar-refractivity contribution >= 4 is 50.3 Å². The quantitative estimate of drug-likeness (QED) is 0.409. The summed E-state index contributed by atoms with van der Waals surface area (Å²) < 4.78 is 6.05. The van der Waals surface area contributed by atoms with Crippen LogP contribution in [0.2, 0.25) is 0 Å². The molecule has 0 atom stereocenters. The molecule has 0 radical (unpaired) electrons. The first-order valence-electron chi connectivity index (χ1n) is 6.26. The lowest BCUT2D eigenvalue weighted by Gasteiger charge is -2.06. The summed E-state index contributed by atoms with van der Waals surface area (Å²) in [5.74, 6) is 1.14. The fourth-order valence-corrected chi connectivity index (χ4v) is 3.20. The minimum Gasteiger partial charge on any atom is -0.423 e. The average molecular weight is 379 g/mol. The number of hydrogen-bond donors (Lipinski definition) is 2. The standard InChI is InChI=1S/C14H11BrN4O2S/c15-8-1-2-9-7(3-13(20)21-10(9)4-8)6-22-14-18-11(16)5-12(17)19-14/h1-5H,6H2,(H4,16,17,18,19). The first kappa shape index (κ1) is 14.9. The van der Waals surface area contributed by atoms with Crippen LogP contribution >= 0.6 is 27.7 Å². The molecule has 112 valence electrons. The lowest BCUT2D eigenvalue weighted by molar-refractivity contribution is 0.559. The van der Waals surface area contributed by atoms with Gasteiger partial charge in [0.05, 0.1) is 0 Å². The molecule has 0 saturated heterocycles. The number of anilines is 2. The number of hydrogen-bond acceptors (Lipinski definition) is 7. The minimum atomic E-state index is -0.394. The molecule has 1 aromatic carbocycles. The van der Waals surface area contributed by atoms with Crippen LogP contribution in [0.3, 0.4) is 0 Å². The molecule has 0 amide bonds. The molecule has 0 spiro atoms. The predicted molar refractivity (Wildman–Crippen MR) is 90.6 cm³/mol. The Morgan fingerprint density at radius 3 is 2.59 bits per heavy atom. The van der Waals surface area contributed by atoms with Crippen LogP contribution < -0.4 is 17.1 Å². The SMILES string of the molecule is Nc1cc(N)nc(SCc2cc(=O)oc3cc(Br)ccc23)n1. The van der Waals surface area contributed by atoms with E-state index in [4.69, 9.17) is 15.9 Å². The second kappa shape index (κ2) is 5.98. The van der Waals surface area contributed by atoms with Crippen LogP contribution in [0.5, 0.6) is 0 Å². The van der Waals surface area contributed by atoms with Crippen LogP contribution in [0, 0.1) is 0 Å². The van der Waals surface area contributed by atoms with E-state index in [0.29, 0.717) is 28.1 Å². The van der Waals surface area contributed by atoms with Crippen LogP contribution in [0.25, 0.3) is 11.0 Å². The Bertz CT molecular complexity index is 893. The van der Waals surface area contributed by atoms with Gasteiger partial charge in [-0.25, -0.2) is 14.8 Å². The Morgan fingerprint density at radius 2 is 1.86 bits per heavy atom. The Labute approximate surface area is 138 Å². The average Bonchev–Trinajstić information content (AvgIpc) is 2.43. The largest absolute Gasteiger partial charge is 0.423 e. The number of rotatable bonds is 3. The third-order valence-electron chi connectivity index (χ3n) is 2.89. The molecule has 3 rings (SSSR count). The van der Waals surface area contributed by atoms with Gasteiger partial charge in [-0.05, 0) is 23.8 Å². The maximum atomic E-state index is 11.7. The molecule has 4 N–H and O–H groups in total. The topological polar surface area (TPSA) is 108 Å². The van der Waals surface area contributed by atoms with Crippen molar-refractivity contribution in [1.82, 2.24) is 9.97 Å². The van der Waals surface area contributed by atoms with Crippen molar-refractivity contribution in [2.45, 2.75) is 10.9 Å². The third kappa shape index (κ3) is 3.23. The summed E-state index contributed by atoms with van der Waals surface area (Å²) in [6.07, 6.45) is 0. The zero-order valence-electron chi connectivity index (χ0n) is 11.2. The summed E-state index contributed by atoms with van der Waals surface area (Å²) >= 11 is 4.71. The lowest BCUT2D eigenvalue weighted by Crippen LogP contribution is -2.01. The van der Waals surface area contributed by atoms with Crippen molar-refractivity contribution in [2.75, 3.05) is 11.5 Å². The molecule has 0 fully saturated rings. The van der Waals surface area contributed by atoms with E-state index < -0.39 is 5.63 Å². The monoisotopic (exact) mass is 378 g/mol. The van der Waals surface area contributed by atoms with Gasteiger partial charge in [0.1, 0.15) is 17.2 Å². The molecule has 2 aromatic heterocycles. The molecule has 8 heteroatoms. The van der Waals surface area contributed by atoms with Gasteiger partial charge in [0, 0.05) is 27.7 Å². The molecule has 2 heterocycles. The molecular formula is C14H11BrN4O2S. The summed E-state index contributed by atoms with van der Waals surface area (Å²) in [6.45, 7) is 0. The maximum Gasteiger partial charge on any atom is 0.336 e.